The monoisotopic (exact) mass is 347 g/mol. The first kappa shape index (κ1) is 19.4. The standard InChI is InChI=1S/C19H29N3O3/c1-14(2)17-7-5-16(6-8-17)13-21-9-11-22(12-10-21)15(3)18(23)20-19(24)25-4/h5-8,14-15H,9-13H2,1-4H3,(H,20,23,24)/t15-/m0/s1. The molecule has 6 nitrogen and oxygen atoms in total. The molecule has 1 heterocycles. The molecule has 1 aliphatic rings. The first-order valence-corrected chi connectivity index (χ1v) is 8.84. The van der Waals surface area contributed by atoms with Crippen LogP contribution < -0.4 is 5.32 Å². The van der Waals surface area contributed by atoms with Gasteiger partial charge >= 0.3 is 6.09 Å². The number of nitrogens with one attached hydrogen (secondary N) is 1. The Labute approximate surface area is 150 Å². The molecule has 1 fully saturated rings. The minimum absolute atomic E-state index is 0.315. The number of hydrogen-bond acceptors (Lipinski definition) is 5. The minimum Gasteiger partial charge on any atom is -0.453 e. The fraction of sp³-hybridized carbons (Fsp3) is 0.579. The smallest absolute Gasteiger partial charge is 0.413 e. The second-order valence-electron chi connectivity index (χ2n) is 6.87. The Bertz CT molecular complexity index is 578. The lowest BCUT2D eigenvalue weighted by Crippen LogP contribution is -2.54. The van der Waals surface area contributed by atoms with E-state index in [4.69, 9.17) is 0 Å². The molecule has 2 amide bonds. The van der Waals surface area contributed by atoms with Crippen LogP contribution in [0.15, 0.2) is 24.3 Å². The number of alkyl carbamates (subject to hydrolysis) is 1. The maximum atomic E-state index is 12.0. The molecule has 0 radical (unpaired) electrons. The second kappa shape index (κ2) is 8.97. The van der Waals surface area contributed by atoms with E-state index in [0.29, 0.717) is 5.92 Å². The Balaban J connectivity index is 1.80. The van der Waals surface area contributed by atoms with Gasteiger partial charge in [0.05, 0.1) is 13.2 Å². The predicted molar refractivity (Wildman–Crippen MR) is 97.4 cm³/mol. The fourth-order valence-electron chi connectivity index (χ4n) is 3.00. The van der Waals surface area contributed by atoms with Crippen molar-refractivity contribution < 1.29 is 14.3 Å². The molecule has 0 aliphatic carbocycles. The summed E-state index contributed by atoms with van der Waals surface area (Å²) >= 11 is 0. The molecule has 1 aromatic carbocycles. The van der Waals surface area contributed by atoms with Crippen LogP contribution in [0.25, 0.3) is 0 Å². The van der Waals surface area contributed by atoms with Crippen molar-refractivity contribution >= 4 is 12.0 Å². The number of hydrogen-bond donors (Lipinski definition) is 1. The van der Waals surface area contributed by atoms with Gasteiger partial charge in [-0.3, -0.25) is 19.9 Å². The van der Waals surface area contributed by atoms with Gasteiger partial charge in [-0.1, -0.05) is 38.1 Å². The zero-order valence-corrected chi connectivity index (χ0v) is 15.6. The Kier molecular flexibility index (Phi) is 6.96. The van der Waals surface area contributed by atoms with E-state index in [-0.39, 0.29) is 11.9 Å². The SMILES string of the molecule is COC(=O)NC(=O)[C@H](C)N1CCN(Cc2ccc(C(C)C)cc2)CC1. The minimum atomic E-state index is -0.708. The van der Waals surface area contributed by atoms with Gasteiger partial charge in [0.25, 0.3) is 0 Å². The first-order valence-electron chi connectivity index (χ1n) is 8.84. The zero-order chi connectivity index (χ0) is 18.4. The third-order valence-electron chi connectivity index (χ3n) is 4.80. The molecule has 0 aromatic heterocycles. The average Bonchev–Trinajstić information content (AvgIpc) is 2.62. The molecular weight excluding hydrogens is 318 g/mol. The molecule has 2 rings (SSSR count). The number of methoxy groups -OCH3 is 1. The normalized spacial score (nSPS) is 17.3. The van der Waals surface area contributed by atoms with E-state index in [0.717, 1.165) is 32.7 Å². The van der Waals surface area contributed by atoms with Crippen LogP contribution in [0.4, 0.5) is 4.79 Å². The summed E-state index contributed by atoms with van der Waals surface area (Å²) in [6.07, 6.45) is -0.708. The van der Waals surface area contributed by atoms with Gasteiger partial charge in [-0.15, -0.1) is 0 Å². The van der Waals surface area contributed by atoms with Gasteiger partial charge in [-0.2, -0.15) is 0 Å². The van der Waals surface area contributed by atoms with Gasteiger partial charge in [-0.25, -0.2) is 4.79 Å². The number of amides is 2. The quantitative estimate of drug-likeness (QED) is 0.885. The van der Waals surface area contributed by atoms with E-state index in [1.54, 1.807) is 0 Å². The van der Waals surface area contributed by atoms with Gasteiger partial charge in [0.2, 0.25) is 5.91 Å². The average molecular weight is 347 g/mol. The molecular formula is C19H29N3O3. The van der Waals surface area contributed by atoms with Gasteiger partial charge in [-0.05, 0) is 24.0 Å². The third-order valence-corrected chi connectivity index (χ3v) is 4.80. The molecule has 25 heavy (non-hydrogen) atoms. The lowest BCUT2D eigenvalue weighted by Gasteiger charge is -2.37. The number of piperazine rings is 1. The van der Waals surface area contributed by atoms with E-state index in [1.807, 2.05) is 6.92 Å². The molecule has 6 heteroatoms. The Hall–Kier alpha value is -1.92. The molecule has 0 saturated carbocycles. The van der Waals surface area contributed by atoms with Gasteiger partial charge in [0, 0.05) is 32.7 Å². The van der Waals surface area contributed by atoms with E-state index >= 15 is 0 Å². The highest BCUT2D eigenvalue weighted by Crippen LogP contribution is 2.16. The van der Waals surface area contributed by atoms with Crippen LogP contribution in [-0.2, 0) is 16.1 Å². The molecule has 0 unspecified atom stereocenters. The maximum Gasteiger partial charge on any atom is 0.413 e. The van der Waals surface area contributed by atoms with E-state index in [1.165, 1.54) is 18.2 Å². The van der Waals surface area contributed by atoms with E-state index < -0.39 is 6.09 Å². The Morgan fingerprint density at radius 3 is 2.20 bits per heavy atom. The molecule has 1 aromatic rings. The number of nitrogens with zero attached hydrogens (tertiary/aromatic N) is 2. The number of benzene rings is 1. The van der Waals surface area contributed by atoms with Crippen molar-refractivity contribution in [2.45, 2.75) is 39.3 Å². The van der Waals surface area contributed by atoms with Crippen LogP contribution >= 0.6 is 0 Å². The van der Waals surface area contributed by atoms with Gasteiger partial charge in [0.1, 0.15) is 0 Å². The molecule has 138 valence electrons. The highest BCUT2D eigenvalue weighted by atomic mass is 16.5. The van der Waals surface area contributed by atoms with Crippen molar-refractivity contribution in [1.29, 1.82) is 0 Å². The number of imide groups is 1. The van der Waals surface area contributed by atoms with Crippen LogP contribution in [0.2, 0.25) is 0 Å². The summed E-state index contributed by atoms with van der Waals surface area (Å²) in [4.78, 5) is 27.6. The van der Waals surface area contributed by atoms with E-state index in [2.05, 4.69) is 58.0 Å². The fourth-order valence-corrected chi connectivity index (χ4v) is 3.00. The number of ether oxygens (including phenoxy) is 1. The summed E-state index contributed by atoms with van der Waals surface area (Å²) in [6, 6.07) is 8.47. The summed E-state index contributed by atoms with van der Waals surface area (Å²) in [6.45, 7) is 10.6. The topological polar surface area (TPSA) is 61.9 Å². The van der Waals surface area contributed by atoms with Crippen molar-refractivity contribution in [2.75, 3.05) is 33.3 Å². The molecule has 0 spiro atoms. The first-order chi connectivity index (χ1) is 11.9. The molecule has 1 aliphatic heterocycles. The summed E-state index contributed by atoms with van der Waals surface area (Å²) in [5, 5.41) is 2.24. The zero-order valence-electron chi connectivity index (χ0n) is 15.6. The lowest BCUT2D eigenvalue weighted by molar-refractivity contribution is -0.125. The van der Waals surface area contributed by atoms with Crippen molar-refractivity contribution in [1.82, 2.24) is 15.1 Å². The number of rotatable bonds is 5. The summed E-state index contributed by atoms with van der Waals surface area (Å²) in [7, 11) is 1.25. The van der Waals surface area contributed by atoms with Gasteiger partial charge < -0.3 is 4.74 Å². The Morgan fingerprint density at radius 1 is 1.08 bits per heavy atom. The highest BCUT2D eigenvalue weighted by molar-refractivity contribution is 5.94. The number of carbonyl (C=O) groups excluding carboxylic acids is 2. The summed E-state index contributed by atoms with van der Waals surface area (Å²) in [5.74, 6) is 0.236. The van der Waals surface area contributed by atoms with Crippen molar-refractivity contribution in [2.24, 2.45) is 0 Å². The highest BCUT2D eigenvalue weighted by Gasteiger charge is 2.26. The summed E-state index contributed by atoms with van der Waals surface area (Å²) < 4.78 is 4.47. The second-order valence-corrected chi connectivity index (χ2v) is 6.87. The van der Waals surface area contributed by atoms with Crippen LogP contribution in [-0.4, -0.2) is 61.1 Å². The van der Waals surface area contributed by atoms with Crippen LogP contribution in [0, 0.1) is 0 Å². The molecule has 1 atom stereocenters. The third kappa shape index (κ3) is 5.54. The van der Waals surface area contributed by atoms with Crippen molar-refractivity contribution in [3.05, 3.63) is 35.4 Å². The van der Waals surface area contributed by atoms with Crippen LogP contribution in [0.1, 0.15) is 37.8 Å². The largest absolute Gasteiger partial charge is 0.453 e. The summed E-state index contributed by atoms with van der Waals surface area (Å²) in [5.41, 5.74) is 2.67. The molecule has 1 N–H and O–H groups in total. The molecule has 0 bridgehead atoms. The van der Waals surface area contributed by atoms with Crippen molar-refractivity contribution in [3.8, 4) is 0 Å². The molecule has 1 saturated heterocycles. The maximum absolute atomic E-state index is 12.0. The Morgan fingerprint density at radius 2 is 1.68 bits per heavy atom. The van der Waals surface area contributed by atoms with Crippen molar-refractivity contribution in [3.63, 3.8) is 0 Å². The van der Waals surface area contributed by atoms with Crippen LogP contribution in [0.5, 0.6) is 0 Å². The predicted octanol–water partition coefficient (Wildman–Crippen LogP) is 2.20. The van der Waals surface area contributed by atoms with E-state index in [9.17, 15) is 9.59 Å². The van der Waals surface area contributed by atoms with Gasteiger partial charge in [0.15, 0.2) is 0 Å². The van der Waals surface area contributed by atoms with Crippen LogP contribution in [0.3, 0.4) is 0 Å². The number of carbonyl (C=O) groups is 2. The lowest BCUT2D eigenvalue weighted by atomic mass is 10.0.